The second-order valence-corrected chi connectivity index (χ2v) is 10.3. The van der Waals surface area contributed by atoms with Gasteiger partial charge in [0.15, 0.2) is 0 Å². The molecule has 0 saturated heterocycles. The van der Waals surface area contributed by atoms with Crippen LogP contribution in [-0.4, -0.2) is 25.6 Å². The molecule has 2 aliphatic rings. The topological polar surface area (TPSA) is 75.3 Å². The maximum Gasteiger partial charge on any atom is 0.227 e. The quantitative estimate of drug-likeness (QED) is 0.741. The third-order valence-corrected chi connectivity index (χ3v) is 7.98. The number of hydrogen-bond acceptors (Lipinski definition) is 3. The van der Waals surface area contributed by atoms with Crippen molar-refractivity contribution in [2.75, 3.05) is 5.32 Å². The molecule has 1 aromatic rings. The van der Waals surface area contributed by atoms with Crippen molar-refractivity contribution in [2.24, 2.45) is 5.92 Å². The van der Waals surface area contributed by atoms with Crippen LogP contribution in [0.3, 0.4) is 0 Å². The molecule has 0 aromatic heterocycles. The second-order valence-electron chi connectivity index (χ2n) is 8.14. The molecule has 3 rings (SSSR count). The van der Waals surface area contributed by atoms with Crippen molar-refractivity contribution in [3.63, 3.8) is 0 Å². The predicted molar refractivity (Wildman–Crippen MR) is 109 cm³/mol. The van der Waals surface area contributed by atoms with Gasteiger partial charge in [0.2, 0.25) is 15.9 Å². The van der Waals surface area contributed by atoms with Crippen LogP contribution >= 0.6 is 0 Å². The molecule has 0 heterocycles. The van der Waals surface area contributed by atoms with E-state index in [-0.39, 0.29) is 23.1 Å². The molecular weight excluding hydrogens is 360 g/mol. The molecule has 1 unspecified atom stereocenters. The summed E-state index contributed by atoms with van der Waals surface area (Å²) < 4.78 is 27.6. The fraction of sp³-hybridized carbons (Fsp3) is 0.667. The third-order valence-electron chi connectivity index (χ3n) is 6.02. The minimum absolute atomic E-state index is 0.0351. The van der Waals surface area contributed by atoms with E-state index in [0.29, 0.717) is 6.42 Å². The second kappa shape index (κ2) is 8.74. The van der Waals surface area contributed by atoms with Crippen LogP contribution in [0, 0.1) is 5.92 Å². The van der Waals surface area contributed by atoms with Gasteiger partial charge in [0, 0.05) is 17.6 Å². The number of rotatable bonds is 7. The van der Waals surface area contributed by atoms with Crippen LogP contribution in [0.1, 0.15) is 69.9 Å². The molecule has 0 aliphatic heterocycles. The van der Waals surface area contributed by atoms with Gasteiger partial charge < -0.3 is 5.32 Å². The van der Waals surface area contributed by atoms with Gasteiger partial charge in [-0.15, -0.1) is 0 Å². The molecule has 1 saturated carbocycles. The van der Waals surface area contributed by atoms with E-state index in [2.05, 4.69) is 22.2 Å². The molecule has 1 fully saturated rings. The number of carbonyl (C=O) groups excluding carboxylic acids is 1. The van der Waals surface area contributed by atoms with Gasteiger partial charge in [0.05, 0.1) is 5.25 Å². The molecule has 2 N–H and O–H groups in total. The zero-order valence-corrected chi connectivity index (χ0v) is 17.3. The molecule has 1 atom stereocenters. The average molecular weight is 393 g/mol. The summed E-state index contributed by atoms with van der Waals surface area (Å²) in [6.45, 7) is 3.76. The Bertz CT molecular complexity index is 768. The summed E-state index contributed by atoms with van der Waals surface area (Å²) in [7, 11) is -3.26. The zero-order chi connectivity index (χ0) is 19.4. The van der Waals surface area contributed by atoms with Gasteiger partial charge >= 0.3 is 0 Å². The number of fused-ring (bicyclic) bond motifs is 1. The van der Waals surface area contributed by atoms with Crippen molar-refractivity contribution in [3.05, 3.63) is 29.3 Å². The number of anilines is 1. The van der Waals surface area contributed by atoms with Gasteiger partial charge in [0.25, 0.3) is 0 Å². The van der Waals surface area contributed by atoms with E-state index in [1.165, 1.54) is 17.5 Å². The summed E-state index contributed by atoms with van der Waals surface area (Å²) in [5.74, 6) is 0.0284. The Morgan fingerprint density at radius 2 is 1.85 bits per heavy atom. The Labute approximate surface area is 163 Å². The first-order valence-electron chi connectivity index (χ1n) is 10.3. The predicted octanol–water partition coefficient (Wildman–Crippen LogP) is 3.78. The smallest absolute Gasteiger partial charge is 0.227 e. The van der Waals surface area contributed by atoms with E-state index < -0.39 is 10.0 Å². The Balaban J connectivity index is 1.49. The summed E-state index contributed by atoms with van der Waals surface area (Å²) in [6, 6.07) is 6.19. The molecule has 0 bridgehead atoms. The normalized spacial score (nSPS) is 23.6. The lowest BCUT2D eigenvalue weighted by Crippen LogP contribution is -2.42. The minimum atomic E-state index is -3.26. The maximum absolute atomic E-state index is 12.6. The number of aryl methyl sites for hydroxylation is 2. The Morgan fingerprint density at radius 3 is 2.56 bits per heavy atom. The first-order valence-corrected chi connectivity index (χ1v) is 11.9. The highest BCUT2D eigenvalue weighted by molar-refractivity contribution is 7.90. The number of hydrogen-bond donors (Lipinski definition) is 2. The van der Waals surface area contributed by atoms with Crippen molar-refractivity contribution < 1.29 is 13.2 Å². The lowest BCUT2D eigenvalue weighted by molar-refractivity contribution is -0.120. The number of nitrogens with one attached hydrogen (secondary N) is 2. The molecule has 27 heavy (non-hydrogen) atoms. The molecule has 5 nitrogen and oxygen atoms in total. The molecule has 0 spiro atoms. The zero-order valence-electron chi connectivity index (χ0n) is 16.5. The van der Waals surface area contributed by atoms with Gasteiger partial charge in [-0.25, -0.2) is 13.1 Å². The van der Waals surface area contributed by atoms with Crippen LogP contribution in [0.5, 0.6) is 0 Å². The number of carbonyl (C=O) groups is 1. The summed E-state index contributed by atoms with van der Waals surface area (Å²) in [4.78, 5) is 12.6. The highest BCUT2D eigenvalue weighted by Crippen LogP contribution is 2.28. The van der Waals surface area contributed by atoms with Crippen LogP contribution < -0.4 is 10.0 Å². The van der Waals surface area contributed by atoms with E-state index in [0.717, 1.165) is 50.6 Å². The highest BCUT2D eigenvalue weighted by atomic mass is 32.2. The van der Waals surface area contributed by atoms with Gasteiger partial charge in [-0.3, -0.25) is 4.79 Å². The lowest BCUT2D eigenvalue weighted by atomic mass is 9.86. The van der Waals surface area contributed by atoms with Gasteiger partial charge in [-0.2, -0.15) is 0 Å². The van der Waals surface area contributed by atoms with Crippen LogP contribution in [-0.2, 0) is 27.7 Å². The fourth-order valence-corrected chi connectivity index (χ4v) is 5.76. The van der Waals surface area contributed by atoms with Crippen molar-refractivity contribution in [1.82, 2.24) is 4.72 Å². The standard InChI is InChI=1S/C21H32N2O3S/c1-3-5-15(2)27(25,26)23-19-11-9-17(10-12-19)21(24)22-20-13-8-16-6-4-7-18(16)14-20/h8,13-15,17,19,23H,3-7,9-12H2,1-2H3,(H,22,24)/t15?,17-,19-. The number of sulfonamides is 1. The monoisotopic (exact) mass is 392 g/mol. The van der Waals surface area contributed by atoms with Gasteiger partial charge in [-0.05, 0) is 81.5 Å². The van der Waals surface area contributed by atoms with Crippen LogP contribution in [0.4, 0.5) is 5.69 Å². The maximum atomic E-state index is 12.6. The summed E-state index contributed by atoms with van der Waals surface area (Å²) in [5.41, 5.74) is 3.64. The van der Waals surface area contributed by atoms with E-state index in [4.69, 9.17) is 0 Å². The van der Waals surface area contributed by atoms with Crippen molar-refractivity contribution >= 4 is 21.6 Å². The third kappa shape index (κ3) is 5.11. The summed E-state index contributed by atoms with van der Waals surface area (Å²) in [6.07, 6.45) is 7.87. The Hall–Kier alpha value is -1.40. The number of benzene rings is 1. The highest BCUT2D eigenvalue weighted by Gasteiger charge is 2.30. The molecular formula is C21H32N2O3S. The van der Waals surface area contributed by atoms with Crippen LogP contribution in [0.2, 0.25) is 0 Å². The first kappa shape index (κ1) is 20.3. The average Bonchev–Trinajstić information content (AvgIpc) is 3.10. The van der Waals surface area contributed by atoms with Gasteiger partial charge in [-0.1, -0.05) is 19.4 Å². The largest absolute Gasteiger partial charge is 0.326 e. The van der Waals surface area contributed by atoms with Crippen LogP contribution in [0.25, 0.3) is 0 Å². The minimum Gasteiger partial charge on any atom is -0.326 e. The number of amides is 1. The van der Waals surface area contributed by atoms with Crippen molar-refractivity contribution in [3.8, 4) is 0 Å². The summed E-state index contributed by atoms with van der Waals surface area (Å²) in [5, 5.41) is 2.70. The van der Waals surface area contributed by atoms with E-state index in [9.17, 15) is 13.2 Å². The summed E-state index contributed by atoms with van der Waals surface area (Å²) >= 11 is 0. The van der Waals surface area contributed by atoms with E-state index in [1.54, 1.807) is 6.92 Å². The molecule has 1 aromatic carbocycles. The molecule has 6 heteroatoms. The Morgan fingerprint density at radius 1 is 1.15 bits per heavy atom. The van der Waals surface area contributed by atoms with Crippen molar-refractivity contribution in [2.45, 2.75) is 82.9 Å². The molecule has 2 aliphatic carbocycles. The van der Waals surface area contributed by atoms with Crippen LogP contribution in [0.15, 0.2) is 18.2 Å². The fourth-order valence-electron chi connectivity index (χ4n) is 4.28. The van der Waals surface area contributed by atoms with E-state index in [1.807, 2.05) is 13.0 Å². The van der Waals surface area contributed by atoms with E-state index >= 15 is 0 Å². The Kier molecular flexibility index (Phi) is 6.58. The lowest BCUT2D eigenvalue weighted by Gasteiger charge is -2.29. The van der Waals surface area contributed by atoms with Gasteiger partial charge in [0.1, 0.15) is 0 Å². The SMILES string of the molecule is CCCC(C)S(=O)(=O)N[C@H]1CC[C@H](C(=O)Nc2ccc3c(c2)CCC3)CC1. The molecule has 150 valence electrons. The molecule has 1 amide bonds. The first-order chi connectivity index (χ1) is 12.9. The molecule has 0 radical (unpaired) electrons. The van der Waals surface area contributed by atoms with Crippen molar-refractivity contribution in [1.29, 1.82) is 0 Å².